The van der Waals surface area contributed by atoms with Crippen molar-refractivity contribution in [3.63, 3.8) is 0 Å². The monoisotopic (exact) mass is 509 g/mol. The van der Waals surface area contributed by atoms with Crippen molar-refractivity contribution in [1.82, 2.24) is 15.0 Å². The Morgan fingerprint density at radius 1 is 0.487 bits per heavy atom. The van der Waals surface area contributed by atoms with Crippen LogP contribution in [0.4, 0.5) is 0 Å². The van der Waals surface area contributed by atoms with Gasteiger partial charge in [0.15, 0.2) is 0 Å². The molecule has 3 nitrogen and oxygen atoms in total. The molecule has 0 amide bonds. The molecule has 0 N–H and O–H groups in total. The average molecular weight is 510 g/mol. The fourth-order valence-electron chi connectivity index (χ4n) is 5.77. The lowest BCUT2D eigenvalue weighted by Gasteiger charge is -2.16. The SMILES string of the molecule is CC(C)c1cncc2cc(-c3cc(C(C)C)c4ccc(-c5cc(C(C)C)c6ccncc6c5)nc4c3)ccc12. The van der Waals surface area contributed by atoms with E-state index in [0.717, 1.165) is 22.2 Å². The normalized spacial score (nSPS) is 12.0. The van der Waals surface area contributed by atoms with E-state index in [1.807, 2.05) is 24.8 Å². The Kier molecular flexibility index (Phi) is 6.38. The van der Waals surface area contributed by atoms with E-state index in [2.05, 4.69) is 112 Å². The Bertz CT molecular complexity index is 1850. The number of hydrogen-bond acceptors (Lipinski definition) is 3. The number of nitrogens with zero attached hydrogens (tertiary/aromatic N) is 3. The highest BCUT2D eigenvalue weighted by Crippen LogP contribution is 2.36. The van der Waals surface area contributed by atoms with Crippen molar-refractivity contribution in [2.45, 2.75) is 59.3 Å². The molecule has 0 saturated carbocycles. The molecule has 3 aromatic carbocycles. The van der Waals surface area contributed by atoms with Gasteiger partial charge in [-0.25, -0.2) is 4.98 Å². The Morgan fingerprint density at radius 3 is 1.85 bits per heavy atom. The Hall–Kier alpha value is -4.11. The fourth-order valence-corrected chi connectivity index (χ4v) is 5.77. The van der Waals surface area contributed by atoms with Crippen LogP contribution in [0.5, 0.6) is 0 Å². The summed E-state index contributed by atoms with van der Waals surface area (Å²) >= 11 is 0. The first-order valence-electron chi connectivity index (χ1n) is 14.0. The van der Waals surface area contributed by atoms with Crippen molar-refractivity contribution in [1.29, 1.82) is 0 Å². The summed E-state index contributed by atoms with van der Waals surface area (Å²) in [6, 6.07) is 22.4. The summed E-state index contributed by atoms with van der Waals surface area (Å²) in [6.07, 6.45) is 7.81. The molecule has 0 aliphatic rings. The highest BCUT2D eigenvalue weighted by atomic mass is 14.7. The van der Waals surface area contributed by atoms with Gasteiger partial charge in [0, 0.05) is 46.5 Å². The van der Waals surface area contributed by atoms with Crippen molar-refractivity contribution in [3.05, 3.63) is 102 Å². The van der Waals surface area contributed by atoms with Gasteiger partial charge < -0.3 is 0 Å². The fraction of sp³-hybridized carbons (Fsp3) is 0.250. The predicted octanol–water partition coefficient (Wildman–Crippen LogP) is 10.0. The highest BCUT2D eigenvalue weighted by molar-refractivity contribution is 5.94. The first kappa shape index (κ1) is 25.2. The highest BCUT2D eigenvalue weighted by Gasteiger charge is 2.15. The molecule has 3 heterocycles. The lowest BCUT2D eigenvalue weighted by Crippen LogP contribution is -1.96. The van der Waals surface area contributed by atoms with Crippen LogP contribution in [0, 0.1) is 0 Å². The summed E-state index contributed by atoms with van der Waals surface area (Å²) < 4.78 is 0. The van der Waals surface area contributed by atoms with Gasteiger partial charge in [-0.2, -0.15) is 0 Å². The number of hydrogen-bond donors (Lipinski definition) is 0. The van der Waals surface area contributed by atoms with Crippen LogP contribution in [0.15, 0.2) is 85.5 Å². The zero-order chi connectivity index (χ0) is 27.3. The quantitative estimate of drug-likeness (QED) is 0.232. The second kappa shape index (κ2) is 9.89. The maximum absolute atomic E-state index is 5.25. The van der Waals surface area contributed by atoms with E-state index in [9.17, 15) is 0 Å². The summed E-state index contributed by atoms with van der Waals surface area (Å²) in [7, 11) is 0. The first-order chi connectivity index (χ1) is 18.8. The Balaban J connectivity index is 1.53. The second-order valence-electron chi connectivity index (χ2n) is 11.6. The molecule has 6 aromatic rings. The van der Waals surface area contributed by atoms with E-state index < -0.39 is 0 Å². The minimum Gasteiger partial charge on any atom is -0.264 e. The molecule has 3 aromatic heterocycles. The van der Waals surface area contributed by atoms with Crippen LogP contribution in [-0.2, 0) is 0 Å². The van der Waals surface area contributed by atoms with E-state index in [1.54, 1.807) is 0 Å². The molecule has 0 aliphatic heterocycles. The molecule has 0 spiro atoms. The lowest BCUT2D eigenvalue weighted by molar-refractivity contribution is 0.869. The van der Waals surface area contributed by atoms with E-state index in [0.29, 0.717) is 17.8 Å². The molecule has 0 bridgehead atoms. The summed E-state index contributed by atoms with van der Waals surface area (Å²) in [4.78, 5) is 14.2. The molecule has 3 heteroatoms. The number of pyridine rings is 3. The van der Waals surface area contributed by atoms with E-state index in [-0.39, 0.29) is 0 Å². The molecule has 194 valence electrons. The van der Waals surface area contributed by atoms with E-state index in [4.69, 9.17) is 4.98 Å². The first-order valence-corrected chi connectivity index (χ1v) is 14.0. The van der Waals surface area contributed by atoms with Gasteiger partial charge in [0.2, 0.25) is 0 Å². The molecular weight excluding hydrogens is 474 g/mol. The molecule has 0 saturated heterocycles. The van der Waals surface area contributed by atoms with Crippen LogP contribution in [-0.4, -0.2) is 15.0 Å². The van der Waals surface area contributed by atoms with Crippen LogP contribution in [0.1, 0.15) is 76.0 Å². The Labute approximate surface area is 231 Å². The smallest absolute Gasteiger partial charge is 0.0718 e. The van der Waals surface area contributed by atoms with E-state index >= 15 is 0 Å². The van der Waals surface area contributed by atoms with Crippen molar-refractivity contribution >= 4 is 32.4 Å². The molecular formula is C36H35N3. The van der Waals surface area contributed by atoms with Gasteiger partial charge in [-0.1, -0.05) is 65.8 Å². The van der Waals surface area contributed by atoms with Crippen molar-refractivity contribution in [3.8, 4) is 22.4 Å². The number of fused-ring (bicyclic) bond motifs is 3. The third-order valence-electron chi connectivity index (χ3n) is 7.91. The zero-order valence-corrected chi connectivity index (χ0v) is 23.7. The van der Waals surface area contributed by atoms with Crippen LogP contribution in [0.2, 0.25) is 0 Å². The second-order valence-corrected chi connectivity index (χ2v) is 11.6. The summed E-state index contributed by atoms with van der Waals surface area (Å²) in [5.41, 5.74) is 9.48. The lowest BCUT2D eigenvalue weighted by atomic mass is 9.91. The minimum atomic E-state index is 0.383. The van der Waals surface area contributed by atoms with Crippen LogP contribution in [0.25, 0.3) is 54.8 Å². The molecule has 0 unspecified atom stereocenters. The zero-order valence-electron chi connectivity index (χ0n) is 23.7. The maximum Gasteiger partial charge on any atom is 0.0718 e. The van der Waals surface area contributed by atoms with Gasteiger partial charge in [-0.15, -0.1) is 0 Å². The third kappa shape index (κ3) is 4.57. The van der Waals surface area contributed by atoms with Gasteiger partial charge >= 0.3 is 0 Å². The summed E-state index contributed by atoms with van der Waals surface area (Å²) in [5, 5.41) is 6.09. The predicted molar refractivity (Wildman–Crippen MR) is 165 cm³/mol. The van der Waals surface area contributed by atoms with Crippen molar-refractivity contribution < 1.29 is 0 Å². The molecule has 0 aliphatic carbocycles. The molecule has 6 rings (SSSR count). The standard InChI is InChI=1S/C36H35N3/c1-21(2)32-16-26(14-28-18-37-12-11-30(28)32)35-10-9-31-33(22(3)4)15-25(17-36(31)39-35)24-7-8-29-27(13-24)19-38-20-34(29)23(5)6/h7-23H,1-6H3. The summed E-state index contributed by atoms with van der Waals surface area (Å²) in [5.74, 6) is 1.23. The minimum absolute atomic E-state index is 0.383. The van der Waals surface area contributed by atoms with E-state index in [1.165, 1.54) is 49.4 Å². The molecule has 0 atom stereocenters. The van der Waals surface area contributed by atoms with Crippen molar-refractivity contribution in [2.24, 2.45) is 0 Å². The molecule has 0 radical (unpaired) electrons. The maximum atomic E-state index is 5.25. The number of aromatic nitrogens is 3. The number of benzene rings is 3. The number of rotatable bonds is 5. The van der Waals surface area contributed by atoms with Gasteiger partial charge in [0.05, 0.1) is 11.2 Å². The largest absolute Gasteiger partial charge is 0.264 e. The van der Waals surface area contributed by atoms with Gasteiger partial charge in [-0.3, -0.25) is 9.97 Å². The Morgan fingerprint density at radius 2 is 1.10 bits per heavy atom. The van der Waals surface area contributed by atoms with Gasteiger partial charge in [0.25, 0.3) is 0 Å². The van der Waals surface area contributed by atoms with Crippen LogP contribution >= 0.6 is 0 Å². The van der Waals surface area contributed by atoms with Crippen LogP contribution < -0.4 is 0 Å². The average Bonchev–Trinajstić information content (AvgIpc) is 2.94. The molecule has 0 fully saturated rings. The molecule has 39 heavy (non-hydrogen) atoms. The topological polar surface area (TPSA) is 38.7 Å². The van der Waals surface area contributed by atoms with Crippen LogP contribution in [0.3, 0.4) is 0 Å². The van der Waals surface area contributed by atoms with Gasteiger partial charge in [0.1, 0.15) is 0 Å². The van der Waals surface area contributed by atoms with Gasteiger partial charge in [-0.05, 0) is 92.7 Å². The third-order valence-corrected chi connectivity index (χ3v) is 7.91. The van der Waals surface area contributed by atoms with Crippen molar-refractivity contribution in [2.75, 3.05) is 0 Å². The summed E-state index contributed by atoms with van der Waals surface area (Å²) in [6.45, 7) is 13.5.